The second kappa shape index (κ2) is 5.75. The zero-order chi connectivity index (χ0) is 14.8. The molecule has 2 N–H and O–H groups in total. The summed E-state index contributed by atoms with van der Waals surface area (Å²) in [5, 5.41) is 12.1. The molecule has 1 heterocycles. The average Bonchev–Trinajstić information content (AvgIpc) is 2.88. The third kappa shape index (κ3) is 2.90. The van der Waals surface area contributed by atoms with Crippen LogP contribution in [0.3, 0.4) is 0 Å². The number of carbonyl (C=O) groups excluding carboxylic acids is 1. The molecule has 1 aliphatic heterocycles. The average molecular weight is 294 g/mol. The molecular weight excluding hydrogens is 276 g/mol. The number of aliphatic carboxylic acids is 1. The molecule has 1 amide bonds. The van der Waals surface area contributed by atoms with Crippen molar-refractivity contribution in [1.82, 2.24) is 5.32 Å². The Bertz CT molecular complexity index is 525. The van der Waals surface area contributed by atoms with E-state index in [-0.39, 0.29) is 5.91 Å². The summed E-state index contributed by atoms with van der Waals surface area (Å²) in [6.45, 7) is 0. The largest absolute Gasteiger partial charge is 0.479 e. The van der Waals surface area contributed by atoms with E-state index < -0.39 is 11.5 Å². The van der Waals surface area contributed by atoms with Gasteiger partial charge in [-0.1, -0.05) is 6.07 Å². The lowest BCUT2D eigenvalue weighted by Gasteiger charge is -2.24. The Hall–Kier alpha value is -1.69. The minimum absolute atomic E-state index is 0.335. The molecule has 1 aromatic rings. The van der Waals surface area contributed by atoms with Crippen LogP contribution in [0.2, 0.25) is 0 Å². The van der Waals surface area contributed by atoms with Crippen LogP contribution in [-0.4, -0.2) is 48.1 Å². The fourth-order valence-corrected chi connectivity index (χ4v) is 3.43. The van der Waals surface area contributed by atoms with Crippen molar-refractivity contribution in [3.05, 3.63) is 29.8 Å². The van der Waals surface area contributed by atoms with Gasteiger partial charge in [-0.15, -0.1) is 0 Å². The molecule has 5 nitrogen and oxygen atoms in total. The number of carboxylic acids is 1. The highest BCUT2D eigenvalue weighted by atomic mass is 32.2. The van der Waals surface area contributed by atoms with Gasteiger partial charge in [0.25, 0.3) is 5.91 Å². The van der Waals surface area contributed by atoms with E-state index in [1.165, 1.54) is 0 Å². The van der Waals surface area contributed by atoms with E-state index >= 15 is 0 Å². The summed E-state index contributed by atoms with van der Waals surface area (Å²) < 4.78 is 0. The Morgan fingerprint density at radius 3 is 2.70 bits per heavy atom. The minimum Gasteiger partial charge on any atom is -0.479 e. The van der Waals surface area contributed by atoms with Gasteiger partial charge in [0.2, 0.25) is 0 Å². The number of nitrogens with one attached hydrogen (secondary N) is 1. The van der Waals surface area contributed by atoms with E-state index in [2.05, 4.69) is 5.32 Å². The molecule has 0 spiro atoms. The Kier molecular flexibility index (Phi) is 4.23. The smallest absolute Gasteiger partial charge is 0.330 e. The fraction of sp³-hybridized carbons (Fsp3) is 0.429. The third-order valence-corrected chi connectivity index (χ3v) is 4.60. The molecule has 20 heavy (non-hydrogen) atoms. The second-order valence-corrected chi connectivity index (χ2v) is 6.19. The number of thioether (sulfide) groups is 1. The first kappa shape index (κ1) is 14.7. The van der Waals surface area contributed by atoms with Crippen molar-refractivity contribution in [3.8, 4) is 0 Å². The van der Waals surface area contributed by atoms with Crippen LogP contribution in [0.5, 0.6) is 0 Å². The number of benzene rings is 1. The van der Waals surface area contributed by atoms with Crippen molar-refractivity contribution in [1.29, 1.82) is 0 Å². The van der Waals surface area contributed by atoms with Crippen LogP contribution in [0.1, 0.15) is 16.8 Å². The van der Waals surface area contributed by atoms with Crippen molar-refractivity contribution >= 4 is 29.3 Å². The van der Waals surface area contributed by atoms with Crippen LogP contribution in [-0.2, 0) is 4.79 Å². The molecule has 1 aliphatic rings. The molecule has 0 saturated carbocycles. The molecule has 0 bridgehead atoms. The van der Waals surface area contributed by atoms with Crippen molar-refractivity contribution in [3.63, 3.8) is 0 Å². The van der Waals surface area contributed by atoms with E-state index in [4.69, 9.17) is 0 Å². The summed E-state index contributed by atoms with van der Waals surface area (Å²) in [6, 6.07) is 7.14. The maximum Gasteiger partial charge on any atom is 0.330 e. The maximum atomic E-state index is 12.3. The van der Waals surface area contributed by atoms with Gasteiger partial charge in [0.05, 0.1) is 0 Å². The van der Waals surface area contributed by atoms with Crippen molar-refractivity contribution in [2.24, 2.45) is 0 Å². The Morgan fingerprint density at radius 1 is 1.40 bits per heavy atom. The quantitative estimate of drug-likeness (QED) is 0.879. The molecule has 1 fully saturated rings. The van der Waals surface area contributed by atoms with Gasteiger partial charge in [0.15, 0.2) is 0 Å². The van der Waals surface area contributed by atoms with E-state index in [0.717, 1.165) is 11.4 Å². The first-order valence-electron chi connectivity index (χ1n) is 6.36. The first-order chi connectivity index (χ1) is 9.44. The topological polar surface area (TPSA) is 69.6 Å². The highest BCUT2D eigenvalue weighted by Crippen LogP contribution is 2.28. The highest BCUT2D eigenvalue weighted by molar-refractivity contribution is 7.99. The van der Waals surface area contributed by atoms with Gasteiger partial charge in [0, 0.05) is 31.1 Å². The number of nitrogens with zero attached hydrogens (tertiary/aromatic N) is 1. The minimum atomic E-state index is -1.13. The summed E-state index contributed by atoms with van der Waals surface area (Å²) in [5.74, 6) is -0.121. The van der Waals surface area contributed by atoms with Crippen molar-refractivity contribution < 1.29 is 14.7 Å². The number of amides is 1. The van der Waals surface area contributed by atoms with E-state index in [0.29, 0.717) is 17.7 Å². The SMILES string of the molecule is CN(C)c1cccc(C(=O)NC2(C(=O)O)CCSC2)c1. The molecular formula is C14H18N2O3S. The maximum absolute atomic E-state index is 12.3. The number of rotatable bonds is 4. The van der Waals surface area contributed by atoms with E-state index in [1.54, 1.807) is 30.0 Å². The number of carbonyl (C=O) groups is 2. The van der Waals surface area contributed by atoms with Crippen LogP contribution in [0.4, 0.5) is 5.69 Å². The van der Waals surface area contributed by atoms with Gasteiger partial charge < -0.3 is 15.3 Å². The predicted molar refractivity (Wildman–Crippen MR) is 80.5 cm³/mol. The highest BCUT2D eigenvalue weighted by Gasteiger charge is 2.43. The summed E-state index contributed by atoms with van der Waals surface area (Å²) in [5.41, 5.74) is 0.257. The van der Waals surface area contributed by atoms with Crippen LogP contribution < -0.4 is 10.2 Å². The van der Waals surface area contributed by atoms with Crippen LogP contribution in [0.15, 0.2) is 24.3 Å². The van der Waals surface area contributed by atoms with E-state index in [1.807, 2.05) is 25.1 Å². The molecule has 1 unspecified atom stereocenters. The Morgan fingerprint density at radius 2 is 2.15 bits per heavy atom. The Labute approximate surface area is 122 Å². The van der Waals surface area contributed by atoms with Gasteiger partial charge in [0.1, 0.15) is 5.54 Å². The number of hydrogen-bond donors (Lipinski definition) is 2. The molecule has 1 saturated heterocycles. The monoisotopic (exact) mass is 294 g/mol. The lowest BCUT2D eigenvalue weighted by atomic mass is 9.98. The lowest BCUT2D eigenvalue weighted by Crippen LogP contribution is -2.54. The van der Waals surface area contributed by atoms with Gasteiger partial charge in [-0.05, 0) is 30.4 Å². The van der Waals surface area contributed by atoms with Gasteiger partial charge in [-0.3, -0.25) is 4.79 Å². The molecule has 0 aromatic heterocycles. The van der Waals surface area contributed by atoms with Crippen LogP contribution >= 0.6 is 11.8 Å². The van der Waals surface area contributed by atoms with E-state index in [9.17, 15) is 14.7 Å². The number of hydrogen-bond acceptors (Lipinski definition) is 4. The summed E-state index contributed by atoms with van der Waals surface area (Å²) >= 11 is 1.55. The predicted octanol–water partition coefficient (Wildman–Crippen LogP) is 1.44. The summed E-state index contributed by atoms with van der Waals surface area (Å²) in [6.07, 6.45) is 0.464. The molecule has 1 aromatic carbocycles. The molecule has 2 rings (SSSR count). The number of carboxylic acid groups (broad SMARTS) is 1. The van der Waals surface area contributed by atoms with Gasteiger partial charge in [-0.2, -0.15) is 11.8 Å². The molecule has 0 aliphatic carbocycles. The zero-order valence-corrected chi connectivity index (χ0v) is 12.4. The molecule has 6 heteroatoms. The third-order valence-electron chi connectivity index (χ3n) is 3.41. The standard InChI is InChI=1S/C14H18N2O3S/c1-16(2)11-5-3-4-10(8-11)12(17)15-14(13(18)19)6-7-20-9-14/h3-5,8H,6-7,9H2,1-2H3,(H,15,17)(H,18,19). The Balaban J connectivity index is 2.19. The van der Waals surface area contributed by atoms with Crippen LogP contribution in [0.25, 0.3) is 0 Å². The molecule has 1 atom stereocenters. The van der Waals surface area contributed by atoms with Crippen molar-refractivity contribution in [2.75, 3.05) is 30.5 Å². The lowest BCUT2D eigenvalue weighted by molar-refractivity contribution is -0.143. The zero-order valence-electron chi connectivity index (χ0n) is 11.5. The molecule has 0 radical (unpaired) electrons. The normalized spacial score (nSPS) is 21.5. The first-order valence-corrected chi connectivity index (χ1v) is 7.51. The summed E-state index contributed by atoms with van der Waals surface area (Å²) in [7, 11) is 3.78. The fourth-order valence-electron chi connectivity index (χ4n) is 2.10. The number of anilines is 1. The van der Waals surface area contributed by atoms with Gasteiger partial charge in [-0.25, -0.2) is 4.79 Å². The molecule has 108 valence electrons. The summed E-state index contributed by atoms with van der Waals surface area (Å²) in [4.78, 5) is 25.6. The van der Waals surface area contributed by atoms with Gasteiger partial charge >= 0.3 is 5.97 Å². The van der Waals surface area contributed by atoms with Crippen molar-refractivity contribution in [2.45, 2.75) is 12.0 Å². The second-order valence-electron chi connectivity index (χ2n) is 5.09. The van der Waals surface area contributed by atoms with Crippen LogP contribution in [0, 0.1) is 0 Å².